The van der Waals surface area contributed by atoms with Gasteiger partial charge in [0.25, 0.3) is 5.91 Å². The molecule has 9 heteroatoms. The summed E-state index contributed by atoms with van der Waals surface area (Å²) < 4.78 is 0. The lowest BCUT2D eigenvalue weighted by Crippen LogP contribution is -2.14. The Morgan fingerprint density at radius 3 is 2.70 bits per heavy atom. The Morgan fingerprint density at radius 1 is 1.00 bits per heavy atom. The molecular weight excluding hydrogens is 434 g/mol. The summed E-state index contributed by atoms with van der Waals surface area (Å²) >= 11 is 1.51. The van der Waals surface area contributed by atoms with Crippen LogP contribution >= 0.6 is 11.8 Å². The number of benzene rings is 2. The lowest BCUT2D eigenvalue weighted by Gasteiger charge is -2.08. The third-order valence-corrected chi connectivity index (χ3v) is 5.91. The first-order valence-corrected chi connectivity index (χ1v) is 11.0. The van der Waals surface area contributed by atoms with Gasteiger partial charge in [0.05, 0.1) is 22.5 Å². The highest BCUT2D eigenvalue weighted by atomic mass is 32.2. The largest absolute Gasteiger partial charge is 0.289 e. The summed E-state index contributed by atoms with van der Waals surface area (Å²) in [6.07, 6.45) is 5.64. The highest BCUT2D eigenvalue weighted by molar-refractivity contribution is 7.99. The first kappa shape index (κ1) is 20.7. The summed E-state index contributed by atoms with van der Waals surface area (Å²) in [6, 6.07) is 19.3. The van der Waals surface area contributed by atoms with Crippen LogP contribution in [-0.2, 0) is 0 Å². The number of nitrogens with zero attached hydrogens (tertiary/aromatic N) is 4. The molecule has 0 spiro atoms. The molecule has 33 heavy (non-hydrogen) atoms. The van der Waals surface area contributed by atoms with E-state index in [1.165, 1.54) is 11.8 Å². The fourth-order valence-corrected chi connectivity index (χ4v) is 4.27. The van der Waals surface area contributed by atoms with Gasteiger partial charge in [-0.05, 0) is 61.5 Å². The molecule has 8 nitrogen and oxygen atoms in total. The van der Waals surface area contributed by atoms with Gasteiger partial charge in [0.15, 0.2) is 0 Å². The zero-order chi connectivity index (χ0) is 22.6. The van der Waals surface area contributed by atoms with Crippen molar-refractivity contribution in [3.05, 3.63) is 89.6 Å². The van der Waals surface area contributed by atoms with Gasteiger partial charge in [0, 0.05) is 21.4 Å². The van der Waals surface area contributed by atoms with Gasteiger partial charge in [-0.1, -0.05) is 30.0 Å². The maximum absolute atomic E-state index is 12.8. The van der Waals surface area contributed by atoms with E-state index in [-0.39, 0.29) is 11.9 Å². The molecular formula is C24H19N7OS. The van der Waals surface area contributed by atoms with Crippen LogP contribution in [-0.4, -0.2) is 36.3 Å². The zero-order valence-electron chi connectivity index (χ0n) is 17.6. The number of aromatic nitrogens is 6. The monoisotopic (exact) mass is 453 g/mol. The number of rotatable bonds is 6. The minimum absolute atomic E-state index is 0.252. The number of hydrogen-bond acceptors (Lipinski definition) is 6. The normalized spacial score (nSPS) is 11.3. The van der Waals surface area contributed by atoms with Crippen molar-refractivity contribution in [2.45, 2.75) is 16.7 Å². The summed E-state index contributed by atoms with van der Waals surface area (Å²) in [5.74, 6) is 0.624. The first-order chi connectivity index (χ1) is 16.2. The van der Waals surface area contributed by atoms with Crippen molar-refractivity contribution in [3.8, 4) is 0 Å². The highest BCUT2D eigenvalue weighted by Gasteiger charge is 2.15. The average Bonchev–Trinajstić information content (AvgIpc) is 3.44. The summed E-state index contributed by atoms with van der Waals surface area (Å²) in [4.78, 5) is 23.0. The van der Waals surface area contributed by atoms with Crippen LogP contribution in [0.3, 0.4) is 0 Å². The van der Waals surface area contributed by atoms with Crippen LogP contribution in [0.2, 0.25) is 0 Å². The smallest absolute Gasteiger partial charge is 0.259 e. The second kappa shape index (κ2) is 9.09. The van der Waals surface area contributed by atoms with E-state index in [0.29, 0.717) is 11.4 Å². The molecule has 0 atom stereocenters. The van der Waals surface area contributed by atoms with Crippen LogP contribution in [0.15, 0.2) is 76.7 Å². The fraction of sp³-hybridized carbons (Fsp3) is 0.0417. The fourth-order valence-electron chi connectivity index (χ4n) is 3.29. The van der Waals surface area contributed by atoms with E-state index in [1.54, 1.807) is 19.2 Å². The third kappa shape index (κ3) is 4.68. The number of carbonyl (C=O) groups excluding carboxylic acids is 1. The molecule has 0 aliphatic heterocycles. The predicted molar refractivity (Wildman–Crippen MR) is 129 cm³/mol. The van der Waals surface area contributed by atoms with Crippen molar-refractivity contribution >= 4 is 46.7 Å². The topological polar surface area (TPSA) is 112 Å². The Labute approximate surface area is 193 Å². The van der Waals surface area contributed by atoms with Crippen molar-refractivity contribution in [2.75, 3.05) is 5.32 Å². The quantitative estimate of drug-likeness (QED) is 0.335. The number of carbonyl (C=O) groups is 1. The van der Waals surface area contributed by atoms with Crippen LogP contribution in [0.5, 0.6) is 0 Å². The molecule has 3 heterocycles. The predicted octanol–water partition coefficient (Wildman–Crippen LogP) is 4.96. The van der Waals surface area contributed by atoms with Gasteiger partial charge >= 0.3 is 0 Å². The number of hydrogen-bond donors (Lipinski definition) is 3. The number of nitrogens with one attached hydrogen (secondary N) is 3. The van der Waals surface area contributed by atoms with Gasteiger partial charge in [-0.25, -0.2) is 0 Å². The van der Waals surface area contributed by atoms with Crippen molar-refractivity contribution in [1.29, 1.82) is 0 Å². The molecule has 3 aromatic heterocycles. The number of anilines is 1. The SMILES string of the molecule is Cc1nc(NC(=O)c2ccccc2Sc2ccc3c(/C=C/c4ccccn4)n[nH]c3c2)n[nH]1. The summed E-state index contributed by atoms with van der Waals surface area (Å²) in [7, 11) is 0. The number of amides is 1. The molecule has 2 aromatic carbocycles. The number of fused-ring (bicyclic) bond motifs is 1. The highest BCUT2D eigenvalue weighted by Crippen LogP contribution is 2.33. The Bertz CT molecular complexity index is 1460. The van der Waals surface area contributed by atoms with Gasteiger partial charge in [-0.2, -0.15) is 10.1 Å². The number of aromatic amines is 2. The molecule has 0 saturated carbocycles. The standard InChI is InChI=1S/C24H19N7OS/c1-15-26-24(31-28-15)27-23(32)19-7-2-3-8-22(19)33-17-10-11-18-20(29-30-21(18)14-17)12-9-16-6-4-5-13-25-16/h2-14H,1H3,(H,29,30)(H2,26,27,28,31,32)/b12-9+. The van der Waals surface area contributed by atoms with Crippen LogP contribution in [0.4, 0.5) is 5.95 Å². The van der Waals surface area contributed by atoms with Gasteiger partial charge in [-0.15, -0.1) is 5.10 Å². The molecule has 5 rings (SSSR count). The molecule has 0 fully saturated rings. The molecule has 0 bridgehead atoms. The molecule has 0 radical (unpaired) electrons. The molecule has 162 valence electrons. The van der Waals surface area contributed by atoms with Gasteiger partial charge in [0.2, 0.25) is 5.95 Å². The van der Waals surface area contributed by atoms with Gasteiger partial charge in [0.1, 0.15) is 5.82 Å². The number of pyridine rings is 1. The minimum atomic E-state index is -0.262. The van der Waals surface area contributed by atoms with Crippen LogP contribution < -0.4 is 5.32 Å². The van der Waals surface area contributed by atoms with E-state index in [0.717, 1.165) is 32.1 Å². The molecule has 0 aliphatic carbocycles. The summed E-state index contributed by atoms with van der Waals surface area (Å²) in [5, 5.41) is 17.9. The van der Waals surface area contributed by atoms with Crippen molar-refractivity contribution in [1.82, 2.24) is 30.4 Å². The Balaban J connectivity index is 1.37. The van der Waals surface area contributed by atoms with E-state index in [2.05, 4.69) is 35.7 Å². The lowest BCUT2D eigenvalue weighted by atomic mass is 10.2. The molecule has 0 unspecified atom stereocenters. The molecule has 0 aliphatic rings. The molecule has 0 saturated heterocycles. The number of aryl methyl sites for hydroxylation is 1. The number of H-pyrrole nitrogens is 2. The molecule has 5 aromatic rings. The third-order valence-electron chi connectivity index (χ3n) is 4.85. The van der Waals surface area contributed by atoms with Crippen molar-refractivity contribution in [3.63, 3.8) is 0 Å². The minimum Gasteiger partial charge on any atom is -0.289 e. The Morgan fingerprint density at radius 2 is 1.88 bits per heavy atom. The lowest BCUT2D eigenvalue weighted by molar-refractivity contribution is 0.102. The second-order valence-electron chi connectivity index (χ2n) is 7.20. The first-order valence-electron chi connectivity index (χ1n) is 10.2. The average molecular weight is 454 g/mol. The van der Waals surface area contributed by atoms with E-state index in [1.807, 2.05) is 66.7 Å². The van der Waals surface area contributed by atoms with Crippen LogP contribution in [0.1, 0.15) is 27.6 Å². The van der Waals surface area contributed by atoms with Crippen LogP contribution in [0.25, 0.3) is 23.1 Å². The summed E-state index contributed by atoms with van der Waals surface area (Å²) in [6.45, 7) is 1.78. The van der Waals surface area contributed by atoms with E-state index >= 15 is 0 Å². The maximum Gasteiger partial charge on any atom is 0.259 e. The van der Waals surface area contributed by atoms with Crippen molar-refractivity contribution in [2.24, 2.45) is 0 Å². The Kier molecular flexibility index (Phi) is 5.69. The molecule has 3 N–H and O–H groups in total. The maximum atomic E-state index is 12.8. The van der Waals surface area contributed by atoms with E-state index in [4.69, 9.17) is 0 Å². The Hall–Kier alpha value is -4.24. The second-order valence-corrected chi connectivity index (χ2v) is 8.32. The van der Waals surface area contributed by atoms with Gasteiger partial charge in [-0.3, -0.25) is 25.3 Å². The van der Waals surface area contributed by atoms with Crippen LogP contribution in [0, 0.1) is 6.92 Å². The summed E-state index contributed by atoms with van der Waals surface area (Å²) in [5.41, 5.74) is 3.18. The van der Waals surface area contributed by atoms with Gasteiger partial charge < -0.3 is 0 Å². The van der Waals surface area contributed by atoms with E-state index < -0.39 is 0 Å². The van der Waals surface area contributed by atoms with Crippen molar-refractivity contribution < 1.29 is 4.79 Å². The zero-order valence-corrected chi connectivity index (χ0v) is 18.4. The van der Waals surface area contributed by atoms with E-state index in [9.17, 15) is 4.79 Å². The molecule has 1 amide bonds.